The second kappa shape index (κ2) is 9.67. The number of ether oxygens (including phenoxy) is 1. The molecule has 0 saturated carbocycles. The van der Waals surface area contributed by atoms with E-state index >= 15 is 0 Å². The monoisotopic (exact) mass is 463 g/mol. The van der Waals surface area contributed by atoms with E-state index in [4.69, 9.17) is 4.74 Å². The molecule has 3 rings (SSSR count). The number of thiazole rings is 1. The van der Waals surface area contributed by atoms with E-state index in [0.29, 0.717) is 10.8 Å². The van der Waals surface area contributed by atoms with Gasteiger partial charge in [-0.2, -0.15) is 0 Å². The number of halogens is 1. The maximum atomic E-state index is 13.7. The molecule has 1 aromatic heterocycles. The average Bonchev–Trinajstić information content (AvgIpc) is 3.16. The molecule has 0 aliphatic carbocycles. The molecule has 0 fully saturated rings. The molecule has 3 aromatic rings. The number of carbonyl (C=O) groups excluding carboxylic acids is 2. The van der Waals surface area contributed by atoms with Crippen molar-refractivity contribution >= 4 is 44.1 Å². The average molecular weight is 464 g/mol. The molecular formula is C20H18FN3O5S2. The summed E-state index contributed by atoms with van der Waals surface area (Å²) < 4.78 is 45.6. The fraction of sp³-hybridized carbons (Fsp3) is 0.150. The number of benzene rings is 2. The highest BCUT2D eigenvalue weighted by Gasteiger charge is 2.17. The number of nitrogens with one attached hydrogen (secondary N) is 2. The minimum atomic E-state index is -4.03. The van der Waals surface area contributed by atoms with E-state index in [-0.39, 0.29) is 29.2 Å². The summed E-state index contributed by atoms with van der Waals surface area (Å²) in [6.45, 7) is 1.98. The second-order valence-corrected chi connectivity index (χ2v) is 8.73. The number of sulfonamides is 1. The van der Waals surface area contributed by atoms with Crippen molar-refractivity contribution in [1.82, 2.24) is 4.98 Å². The maximum Gasteiger partial charge on any atom is 0.311 e. The Labute approximate surface area is 182 Å². The highest BCUT2D eigenvalue weighted by molar-refractivity contribution is 7.92. The SMILES string of the molecule is CCOC(=O)Cc1csc(NC(=O)c2ccc(S(=O)(=O)Nc3ccccc3F)cc2)n1. The van der Waals surface area contributed by atoms with Gasteiger partial charge in [0.05, 0.1) is 29.3 Å². The van der Waals surface area contributed by atoms with Gasteiger partial charge in [0, 0.05) is 10.9 Å². The summed E-state index contributed by atoms with van der Waals surface area (Å²) in [5, 5.41) is 4.52. The highest BCUT2D eigenvalue weighted by Crippen LogP contribution is 2.20. The number of amides is 1. The lowest BCUT2D eigenvalue weighted by atomic mass is 10.2. The number of rotatable bonds is 8. The van der Waals surface area contributed by atoms with Gasteiger partial charge in [-0.1, -0.05) is 12.1 Å². The van der Waals surface area contributed by atoms with Crippen LogP contribution in [0.2, 0.25) is 0 Å². The van der Waals surface area contributed by atoms with Gasteiger partial charge in [-0.15, -0.1) is 11.3 Å². The Morgan fingerprint density at radius 2 is 1.84 bits per heavy atom. The molecule has 0 aliphatic rings. The molecule has 8 nitrogen and oxygen atoms in total. The first-order valence-electron chi connectivity index (χ1n) is 9.07. The van der Waals surface area contributed by atoms with Gasteiger partial charge in [-0.25, -0.2) is 17.8 Å². The van der Waals surface area contributed by atoms with Gasteiger partial charge in [0.2, 0.25) is 0 Å². The fourth-order valence-corrected chi connectivity index (χ4v) is 4.28. The van der Waals surface area contributed by atoms with Crippen molar-refractivity contribution in [2.75, 3.05) is 16.6 Å². The van der Waals surface area contributed by atoms with E-state index in [9.17, 15) is 22.4 Å². The van der Waals surface area contributed by atoms with Crippen LogP contribution in [0.4, 0.5) is 15.2 Å². The maximum absolute atomic E-state index is 13.7. The molecule has 2 aromatic carbocycles. The van der Waals surface area contributed by atoms with Crippen LogP contribution in [0.25, 0.3) is 0 Å². The number of para-hydroxylation sites is 1. The Hall–Kier alpha value is -3.31. The first-order chi connectivity index (χ1) is 14.8. The third kappa shape index (κ3) is 5.86. The smallest absolute Gasteiger partial charge is 0.311 e. The van der Waals surface area contributed by atoms with Crippen molar-refractivity contribution in [3.8, 4) is 0 Å². The molecule has 0 bridgehead atoms. The summed E-state index contributed by atoms with van der Waals surface area (Å²) in [6, 6.07) is 10.5. The van der Waals surface area contributed by atoms with E-state index in [2.05, 4.69) is 15.0 Å². The van der Waals surface area contributed by atoms with Crippen molar-refractivity contribution < 1.29 is 27.1 Å². The van der Waals surface area contributed by atoms with Gasteiger partial charge in [-0.3, -0.25) is 19.6 Å². The molecule has 2 N–H and O–H groups in total. The standard InChI is InChI=1S/C20H18FN3O5S2/c1-2-29-18(25)11-14-12-30-20(22-14)23-19(26)13-7-9-15(10-8-13)31(27,28)24-17-6-4-3-5-16(17)21/h3-10,12,24H,2,11H2,1H3,(H,22,23,26). The molecule has 0 aliphatic heterocycles. The third-order valence-electron chi connectivity index (χ3n) is 3.95. The number of anilines is 2. The summed E-state index contributed by atoms with van der Waals surface area (Å²) in [5.74, 6) is -1.61. The molecule has 0 saturated heterocycles. The van der Waals surface area contributed by atoms with Crippen LogP contribution < -0.4 is 10.0 Å². The highest BCUT2D eigenvalue weighted by atomic mass is 32.2. The van der Waals surface area contributed by atoms with Crippen LogP contribution in [0.1, 0.15) is 23.0 Å². The number of aromatic nitrogens is 1. The van der Waals surface area contributed by atoms with E-state index in [1.165, 1.54) is 42.5 Å². The molecule has 0 spiro atoms. The van der Waals surface area contributed by atoms with Gasteiger partial charge in [-0.05, 0) is 43.3 Å². The van der Waals surface area contributed by atoms with E-state index in [1.807, 2.05) is 0 Å². The van der Waals surface area contributed by atoms with Crippen LogP contribution in [0, 0.1) is 5.82 Å². The minimum absolute atomic E-state index is 0.00176. The zero-order valence-corrected chi connectivity index (χ0v) is 17.9. The van der Waals surface area contributed by atoms with E-state index < -0.39 is 27.7 Å². The summed E-state index contributed by atoms with van der Waals surface area (Å²) in [4.78, 5) is 27.9. The van der Waals surface area contributed by atoms with Crippen LogP contribution in [0.5, 0.6) is 0 Å². The topological polar surface area (TPSA) is 114 Å². The van der Waals surface area contributed by atoms with Crippen LogP contribution in [-0.4, -0.2) is 31.9 Å². The third-order valence-corrected chi connectivity index (χ3v) is 6.14. The van der Waals surface area contributed by atoms with E-state index in [1.54, 1.807) is 12.3 Å². The van der Waals surface area contributed by atoms with Crippen LogP contribution in [-0.2, 0) is 26.0 Å². The number of hydrogen-bond donors (Lipinski definition) is 2. The van der Waals surface area contributed by atoms with Gasteiger partial charge in [0.15, 0.2) is 5.13 Å². The Balaban J connectivity index is 1.66. The molecule has 31 heavy (non-hydrogen) atoms. The Kier molecular flexibility index (Phi) is 6.98. The molecule has 11 heteroatoms. The zero-order valence-electron chi connectivity index (χ0n) is 16.3. The zero-order chi connectivity index (χ0) is 22.4. The van der Waals surface area contributed by atoms with Crippen LogP contribution >= 0.6 is 11.3 Å². The minimum Gasteiger partial charge on any atom is -0.466 e. The number of nitrogens with zero attached hydrogens (tertiary/aromatic N) is 1. The molecule has 1 heterocycles. The first kappa shape index (κ1) is 22.4. The van der Waals surface area contributed by atoms with Crippen LogP contribution in [0.3, 0.4) is 0 Å². The summed E-state index contributed by atoms with van der Waals surface area (Å²) in [6.07, 6.45) is 0.00176. The summed E-state index contributed by atoms with van der Waals surface area (Å²) in [5.41, 5.74) is 0.498. The summed E-state index contributed by atoms with van der Waals surface area (Å²) in [7, 11) is -4.03. The molecular weight excluding hydrogens is 445 g/mol. The Morgan fingerprint density at radius 1 is 1.13 bits per heavy atom. The van der Waals surface area contributed by atoms with Crippen molar-refractivity contribution in [1.29, 1.82) is 0 Å². The molecule has 0 radical (unpaired) electrons. The Bertz CT molecular complexity index is 1190. The van der Waals surface area contributed by atoms with Crippen molar-refractivity contribution in [3.05, 3.63) is 71.0 Å². The summed E-state index contributed by atoms with van der Waals surface area (Å²) >= 11 is 1.15. The van der Waals surface area contributed by atoms with Crippen molar-refractivity contribution in [2.24, 2.45) is 0 Å². The second-order valence-electron chi connectivity index (χ2n) is 6.19. The van der Waals surface area contributed by atoms with Gasteiger partial charge in [0.25, 0.3) is 15.9 Å². The molecule has 0 unspecified atom stereocenters. The normalized spacial score (nSPS) is 11.0. The molecule has 0 atom stereocenters. The van der Waals surface area contributed by atoms with Gasteiger partial charge < -0.3 is 4.74 Å². The number of esters is 1. The van der Waals surface area contributed by atoms with Gasteiger partial charge >= 0.3 is 5.97 Å². The molecule has 1 amide bonds. The predicted molar refractivity (Wildman–Crippen MR) is 114 cm³/mol. The molecule has 162 valence electrons. The first-order valence-corrected chi connectivity index (χ1v) is 11.4. The Morgan fingerprint density at radius 3 is 2.52 bits per heavy atom. The fourth-order valence-electron chi connectivity index (χ4n) is 2.51. The van der Waals surface area contributed by atoms with Crippen molar-refractivity contribution in [3.63, 3.8) is 0 Å². The van der Waals surface area contributed by atoms with E-state index in [0.717, 1.165) is 17.4 Å². The number of carbonyl (C=O) groups is 2. The van der Waals surface area contributed by atoms with Gasteiger partial charge in [0.1, 0.15) is 5.82 Å². The number of hydrogen-bond acceptors (Lipinski definition) is 7. The lowest BCUT2D eigenvalue weighted by molar-refractivity contribution is -0.142. The lowest BCUT2D eigenvalue weighted by Gasteiger charge is -2.09. The van der Waals surface area contributed by atoms with Crippen LogP contribution in [0.15, 0.2) is 58.8 Å². The quantitative estimate of drug-likeness (QED) is 0.495. The van der Waals surface area contributed by atoms with Crippen molar-refractivity contribution in [2.45, 2.75) is 18.2 Å². The largest absolute Gasteiger partial charge is 0.466 e. The predicted octanol–water partition coefficient (Wildman–Crippen LogP) is 3.44. The lowest BCUT2D eigenvalue weighted by Crippen LogP contribution is -2.15.